The summed E-state index contributed by atoms with van der Waals surface area (Å²) in [7, 11) is 1.71. The van der Waals surface area contributed by atoms with Gasteiger partial charge in [0.05, 0.1) is 0 Å². The standard InChI is InChI=1S/C21H24N2O2Se/c1-25-17-8-6-9-18(15-17)26-20-11-3-2-7-16(20)12-14-23-21(24)19-10-4-5-13-22-19/h4-6,8-10,13,15H,2-3,7,11-12,14H2,1H3,(H,23,24). The molecule has 1 aromatic heterocycles. The molecule has 1 heterocycles. The van der Waals surface area contributed by atoms with Crippen LogP contribution >= 0.6 is 0 Å². The Bertz CT molecular complexity index is 775. The molecule has 4 nitrogen and oxygen atoms in total. The molecule has 1 aromatic carbocycles. The van der Waals surface area contributed by atoms with Crippen LogP contribution in [0.2, 0.25) is 0 Å². The van der Waals surface area contributed by atoms with E-state index in [4.69, 9.17) is 4.74 Å². The van der Waals surface area contributed by atoms with Crippen LogP contribution in [0.15, 0.2) is 58.7 Å². The summed E-state index contributed by atoms with van der Waals surface area (Å²) < 4.78 is 8.28. The van der Waals surface area contributed by atoms with Gasteiger partial charge in [-0.25, -0.2) is 0 Å². The monoisotopic (exact) mass is 416 g/mol. The number of allylic oxidation sites excluding steroid dienone is 1. The van der Waals surface area contributed by atoms with Crippen molar-refractivity contribution in [2.75, 3.05) is 13.7 Å². The second-order valence-corrected chi connectivity index (χ2v) is 8.69. The number of aromatic nitrogens is 1. The molecule has 1 N–H and O–H groups in total. The summed E-state index contributed by atoms with van der Waals surface area (Å²) in [5, 5.41) is 3.00. The van der Waals surface area contributed by atoms with Crippen LogP contribution in [0, 0.1) is 0 Å². The minimum absolute atomic E-state index is 0.0955. The van der Waals surface area contributed by atoms with Gasteiger partial charge < -0.3 is 0 Å². The van der Waals surface area contributed by atoms with Gasteiger partial charge in [0.2, 0.25) is 0 Å². The molecule has 0 aliphatic heterocycles. The fourth-order valence-electron chi connectivity index (χ4n) is 3.05. The Hall–Kier alpha value is -2.10. The Morgan fingerprint density at radius 1 is 1.19 bits per heavy atom. The zero-order valence-electron chi connectivity index (χ0n) is 15.0. The van der Waals surface area contributed by atoms with Crippen molar-refractivity contribution >= 4 is 25.3 Å². The van der Waals surface area contributed by atoms with E-state index < -0.39 is 0 Å². The number of carbonyl (C=O) groups excluding carboxylic acids is 1. The van der Waals surface area contributed by atoms with Crippen LogP contribution in [0.5, 0.6) is 5.75 Å². The van der Waals surface area contributed by atoms with Gasteiger partial charge in [0, 0.05) is 0 Å². The molecule has 1 amide bonds. The van der Waals surface area contributed by atoms with E-state index in [0.717, 1.165) is 18.6 Å². The third-order valence-corrected chi connectivity index (χ3v) is 7.00. The number of nitrogens with zero attached hydrogens (tertiary/aromatic N) is 1. The zero-order valence-corrected chi connectivity index (χ0v) is 16.7. The van der Waals surface area contributed by atoms with Gasteiger partial charge >= 0.3 is 161 Å². The summed E-state index contributed by atoms with van der Waals surface area (Å²) in [5.41, 5.74) is 2.01. The SMILES string of the molecule is COc1cccc([Se]C2=C(CCNC(=O)c3ccccn3)CCCC2)c1. The minimum atomic E-state index is -0.0955. The molecule has 0 bridgehead atoms. The molecule has 0 saturated heterocycles. The second kappa shape index (κ2) is 9.56. The molecule has 0 radical (unpaired) electrons. The molecule has 0 spiro atoms. The number of hydrogen-bond donors (Lipinski definition) is 1. The molecule has 2 aromatic rings. The van der Waals surface area contributed by atoms with E-state index in [1.165, 1.54) is 29.3 Å². The van der Waals surface area contributed by atoms with Crippen molar-refractivity contribution < 1.29 is 9.53 Å². The van der Waals surface area contributed by atoms with E-state index in [2.05, 4.69) is 28.5 Å². The van der Waals surface area contributed by atoms with E-state index in [-0.39, 0.29) is 5.91 Å². The van der Waals surface area contributed by atoms with Crippen LogP contribution in [0.4, 0.5) is 0 Å². The van der Waals surface area contributed by atoms with Crippen LogP contribution in [0.3, 0.4) is 0 Å². The van der Waals surface area contributed by atoms with Crippen molar-refractivity contribution in [3.63, 3.8) is 0 Å². The molecule has 0 atom stereocenters. The number of nitrogens with one attached hydrogen (secondary N) is 1. The molecule has 0 unspecified atom stereocenters. The van der Waals surface area contributed by atoms with Crippen molar-refractivity contribution in [1.29, 1.82) is 0 Å². The summed E-state index contributed by atoms with van der Waals surface area (Å²) in [6.07, 6.45) is 7.43. The van der Waals surface area contributed by atoms with Crippen LogP contribution < -0.4 is 14.5 Å². The summed E-state index contributed by atoms with van der Waals surface area (Å²) in [4.78, 5) is 16.2. The van der Waals surface area contributed by atoms with Gasteiger partial charge in [-0.2, -0.15) is 0 Å². The Labute approximate surface area is 161 Å². The van der Waals surface area contributed by atoms with Crippen LogP contribution in [0.1, 0.15) is 42.6 Å². The fourth-order valence-corrected chi connectivity index (χ4v) is 5.57. The van der Waals surface area contributed by atoms with Crippen molar-refractivity contribution in [3.8, 4) is 5.75 Å². The number of methoxy groups -OCH3 is 1. The van der Waals surface area contributed by atoms with Crippen LogP contribution in [-0.2, 0) is 0 Å². The van der Waals surface area contributed by atoms with E-state index in [1.807, 2.05) is 18.2 Å². The van der Waals surface area contributed by atoms with Gasteiger partial charge in [-0.3, -0.25) is 0 Å². The first-order valence-electron chi connectivity index (χ1n) is 8.98. The number of hydrogen-bond acceptors (Lipinski definition) is 3. The number of carbonyl (C=O) groups is 1. The average molecular weight is 415 g/mol. The summed E-state index contributed by atoms with van der Waals surface area (Å²) in [5.74, 6) is 0.826. The number of rotatable bonds is 7. The Morgan fingerprint density at radius 3 is 2.88 bits per heavy atom. The summed E-state index contributed by atoms with van der Waals surface area (Å²) >= 11 is 0.329. The van der Waals surface area contributed by atoms with Gasteiger partial charge in [-0.1, -0.05) is 0 Å². The van der Waals surface area contributed by atoms with Crippen molar-refractivity contribution in [1.82, 2.24) is 10.3 Å². The predicted octanol–water partition coefficient (Wildman–Crippen LogP) is 3.07. The molecule has 0 fully saturated rings. The van der Waals surface area contributed by atoms with Crippen LogP contribution in [-0.4, -0.2) is 39.5 Å². The van der Waals surface area contributed by atoms with Gasteiger partial charge in [0.1, 0.15) is 0 Å². The van der Waals surface area contributed by atoms with Gasteiger partial charge in [0.25, 0.3) is 0 Å². The van der Waals surface area contributed by atoms with Crippen molar-refractivity contribution in [2.24, 2.45) is 0 Å². The maximum absolute atomic E-state index is 12.1. The number of ether oxygens (including phenoxy) is 1. The zero-order chi connectivity index (χ0) is 18.2. The van der Waals surface area contributed by atoms with Crippen molar-refractivity contribution in [2.45, 2.75) is 32.1 Å². The Morgan fingerprint density at radius 2 is 2.08 bits per heavy atom. The third-order valence-electron chi connectivity index (χ3n) is 4.42. The van der Waals surface area contributed by atoms with E-state index >= 15 is 0 Å². The molecular formula is C21H24N2O2Se. The molecule has 136 valence electrons. The van der Waals surface area contributed by atoms with Crippen LogP contribution in [0.25, 0.3) is 0 Å². The molecule has 26 heavy (non-hydrogen) atoms. The fraction of sp³-hybridized carbons (Fsp3) is 0.333. The van der Waals surface area contributed by atoms with Gasteiger partial charge in [-0.05, 0) is 0 Å². The average Bonchev–Trinajstić information content (AvgIpc) is 2.70. The first kappa shape index (κ1) is 18.7. The Kier molecular flexibility index (Phi) is 6.87. The molecule has 1 aliphatic rings. The quantitative estimate of drug-likeness (QED) is 0.708. The third kappa shape index (κ3) is 5.20. The van der Waals surface area contributed by atoms with E-state index in [1.54, 1.807) is 23.8 Å². The molecular weight excluding hydrogens is 391 g/mol. The van der Waals surface area contributed by atoms with Gasteiger partial charge in [0.15, 0.2) is 0 Å². The van der Waals surface area contributed by atoms with Crippen molar-refractivity contribution in [3.05, 3.63) is 64.4 Å². The van der Waals surface area contributed by atoms with E-state index in [9.17, 15) is 4.79 Å². The number of pyridine rings is 1. The topological polar surface area (TPSA) is 51.2 Å². The summed E-state index contributed by atoms with van der Waals surface area (Å²) in [6, 6.07) is 13.8. The maximum atomic E-state index is 12.1. The first-order valence-corrected chi connectivity index (χ1v) is 10.7. The number of benzene rings is 1. The van der Waals surface area contributed by atoms with E-state index in [0.29, 0.717) is 27.2 Å². The molecule has 3 rings (SSSR count). The first-order chi connectivity index (χ1) is 12.8. The molecule has 1 aliphatic carbocycles. The number of amides is 1. The predicted molar refractivity (Wildman–Crippen MR) is 105 cm³/mol. The Balaban J connectivity index is 1.61. The molecule has 5 heteroatoms. The summed E-state index contributed by atoms with van der Waals surface area (Å²) in [6.45, 7) is 0.669. The molecule has 0 saturated carbocycles. The normalized spacial score (nSPS) is 14.2. The van der Waals surface area contributed by atoms with Gasteiger partial charge in [-0.15, -0.1) is 0 Å². The second-order valence-electron chi connectivity index (χ2n) is 6.24.